The molecule has 0 radical (unpaired) electrons. The van der Waals surface area contributed by atoms with Gasteiger partial charge in [0.2, 0.25) is 0 Å². The lowest BCUT2D eigenvalue weighted by molar-refractivity contribution is 0.0758. The lowest BCUT2D eigenvalue weighted by Crippen LogP contribution is -2.38. The van der Waals surface area contributed by atoms with Crippen LogP contribution in [0.1, 0.15) is 44.7 Å². The molecular weight excluding hydrogens is 340 g/mol. The van der Waals surface area contributed by atoms with E-state index in [1.807, 2.05) is 24.3 Å². The Bertz CT molecular complexity index is 795. The van der Waals surface area contributed by atoms with E-state index >= 15 is 0 Å². The molecule has 1 aromatic carbocycles. The van der Waals surface area contributed by atoms with Gasteiger partial charge in [0, 0.05) is 37.7 Å². The quantitative estimate of drug-likeness (QED) is 0.862. The molecule has 1 aromatic heterocycles. The second-order valence-electron chi connectivity index (χ2n) is 8.20. The number of aliphatic hydroxyl groups excluding tert-OH is 1. The molecule has 0 spiro atoms. The van der Waals surface area contributed by atoms with Crippen molar-refractivity contribution in [2.24, 2.45) is 5.92 Å². The molecule has 27 heavy (non-hydrogen) atoms. The van der Waals surface area contributed by atoms with Crippen molar-refractivity contribution in [3.05, 3.63) is 42.2 Å². The van der Waals surface area contributed by atoms with Gasteiger partial charge in [0.05, 0.1) is 6.04 Å². The number of anilines is 2. The van der Waals surface area contributed by atoms with Crippen LogP contribution in [0.5, 0.6) is 5.75 Å². The molecule has 4 rings (SSSR count). The zero-order valence-corrected chi connectivity index (χ0v) is 16.1. The number of fused-ring (bicyclic) bond motifs is 1. The van der Waals surface area contributed by atoms with Crippen molar-refractivity contribution in [2.75, 3.05) is 29.9 Å². The van der Waals surface area contributed by atoms with E-state index in [4.69, 9.17) is 4.74 Å². The highest BCUT2D eigenvalue weighted by Gasteiger charge is 2.33. The zero-order chi connectivity index (χ0) is 18.9. The lowest BCUT2D eigenvalue weighted by atomic mass is 9.90. The first-order valence-electron chi connectivity index (χ1n) is 9.76. The van der Waals surface area contributed by atoms with E-state index in [-0.39, 0.29) is 18.2 Å². The molecule has 6 nitrogen and oxygen atoms in total. The van der Waals surface area contributed by atoms with E-state index < -0.39 is 0 Å². The minimum Gasteiger partial charge on any atom is -0.487 e. The van der Waals surface area contributed by atoms with Crippen molar-refractivity contribution in [2.45, 2.75) is 44.8 Å². The third-order valence-corrected chi connectivity index (χ3v) is 5.45. The fourth-order valence-electron chi connectivity index (χ4n) is 4.13. The number of ether oxygens (including phenoxy) is 1. The highest BCUT2D eigenvalue weighted by atomic mass is 16.5. The monoisotopic (exact) mass is 368 g/mol. The predicted molar refractivity (Wildman–Crippen MR) is 106 cm³/mol. The molecule has 0 bridgehead atoms. The molecule has 0 amide bonds. The second kappa shape index (κ2) is 7.35. The minimum atomic E-state index is -0.233. The zero-order valence-electron chi connectivity index (χ0n) is 16.1. The second-order valence-corrected chi connectivity index (χ2v) is 8.20. The maximum Gasteiger partial charge on any atom is 0.134 e. The molecule has 0 aliphatic carbocycles. The van der Waals surface area contributed by atoms with Crippen LogP contribution >= 0.6 is 0 Å². The Hall–Kier alpha value is -2.34. The van der Waals surface area contributed by atoms with E-state index in [1.165, 1.54) is 0 Å². The molecule has 2 atom stereocenters. The number of hydrogen-bond acceptors (Lipinski definition) is 6. The number of benzene rings is 1. The normalized spacial score (nSPS) is 24.0. The molecule has 3 heterocycles. The molecule has 1 saturated heterocycles. The van der Waals surface area contributed by atoms with Gasteiger partial charge in [0.15, 0.2) is 0 Å². The van der Waals surface area contributed by atoms with Gasteiger partial charge in [-0.1, -0.05) is 18.2 Å². The Morgan fingerprint density at radius 3 is 3.00 bits per heavy atom. The van der Waals surface area contributed by atoms with Crippen molar-refractivity contribution < 1.29 is 9.84 Å². The van der Waals surface area contributed by atoms with Crippen molar-refractivity contribution in [3.8, 4) is 5.75 Å². The molecular formula is C21H28N4O2. The largest absolute Gasteiger partial charge is 0.487 e. The predicted octanol–water partition coefficient (Wildman–Crippen LogP) is 3.40. The third kappa shape index (κ3) is 4.00. The van der Waals surface area contributed by atoms with Gasteiger partial charge in [-0.2, -0.15) is 0 Å². The number of aliphatic hydroxyl groups is 1. The standard InChI is InChI=1S/C21H28N4O2/c1-21(2)11-17(16-7-3-4-8-18(16)27-21)24-19-10-20(23-14-22-19)25-9-5-6-15(12-25)13-26/h3-4,7-8,10,14-15,17,26H,5-6,9,11-13H2,1-2H3,(H,22,23,24). The topological polar surface area (TPSA) is 70.5 Å². The van der Waals surface area contributed by atoms with Crippen molar-refractivity contribution >= 4 is 11.6 Å². The molecule has 2 aromatic rings. The summed E-state index contributed by atoms with van der Waals surface area (Å²) in [4.78, 5) is 11.2. The van der Waals surface area contributed by atoms with Gasteiger partial charge in [-0.3, -0.25) is 0 Å². The Morgan fingerprint density at radius 2 is 2.15 bits per heavy atom. The smallest absolute Gasteiger partial charge is 0.134 e. The Labute approximate surface area is 160 Å². The van der Waals surface area contributed by atoms with E-state index in [1.54, 1.807) is 6.33 Å². The van der Waals surface area contributed by atoms with Gasteiger partial charge in [-0.25, -0.2) is 9.97 Å². The number of rotatable bonds is 4. The lowest BCUT2D eigenvalue weighted by Gasteiger charge is -2.38. The Kier molecular flexibility index (Phi) is 4.91. The summed E-state index contributed by atoms with van der Waals surface area (Å²) in [5, 5.41) is 13.1. The van der Waals surface area contributed by atoms with Crippen LogP contribution in [0, 0.1) is 5.92 Å². The maximum atomic E-state index is 9.49. The van der Waals surface area contributed by atoms with E-state index in [2.05, 4.69) is 40.1 Å². The summed E-state index contributed by atoms with van der Waals surface area (Å²) in [6, 6.07) is 10.3. The number of piperidine rings is 1. The van der Waals surface area contributed by atoms with Gasteiger partial charge in [0.1, 0.15) is 29.3 Å². The average Bonchev–Trinajstić information content (AvgIpc) is 2.67. The van der Waals surface area contributed by atoms with Gasteiger partial charge in [0.25, 0.3) is 0 Å². The van der Waals surface area contributed by atoms with Crippen LogP contribution in [0.2, 0.25) is 0 Å². The maximum absolute atomic E-state index is 9.49. The van der Waals surface area contributed by atoms with E-state index in [0.29, 0.717) is 5.92 Å². The van der Waals surface area contributed by atoms with Gasteiger partial charge >= 0.3 is 0 Å². The molecule has 1 fully saturated rings. The highest BCUT2D eigenvalue weighted by Crippen LogP contribution is 2.40. The summed E-state index contributed by atoms with van der Waals surface area (Å²) >= 11 is 0. The van der Waals surface area contributed by atoms with Gasteiger partial charge in [-0.15, -0.1) is 0 Å². The molecule has 2 aliphatic rings. The van der Waals surface area contributed by atoms with Crippen LogP contribution < -0.4 is 15.0 Å². The van der Waals surface area contributed by atoms with Gasteiger partial charge < -0.3 is 20.1 Å². The summed E-state index contributed by atoms with van der Waals surface area (Å²) in [6.45, 7) is 6.29. The van der Waals surface area contributed by atoms with E-state index in [9.17, 15) is 5.11 Å². The summed E-state index contributed by atoms with van der Waals surface area (Å²) < 4.78 is 6.13. The summed E-state index contributed by atoms with van der Waals surface area (Å²) in [5.41, 5.74) is 0.929. The number of nitrogens with one attached hydrogen (secondary N) is 1. The van der Waals surface area contributed by atoms with Crippen LogP contribution in [0.3, 0.4) is 0 Å². The fourth-order valence-corrected chi connectivity index (χ4v) is 4.13. The number of para-hydroxylation sites is 1. The van der Waals surface area contributed by atoms with Crippen molar-refractivity contribution in [1.82, 2.24) is 9.97 Å². The summed E-state index contributed by atoms with van der Waals surface area (Å²) in [7, 11) is 0. The third-order valence-electron chi connectivity index (χ3n) is 5.45. The SMILES string of the molecule is CC1(C)CC(Nc2cc(N3CCCC(CO)C3)ncn2)c2ccccc2O1. The minimum absolute atomic E-state index is 0.138. The van der Waals surface area contributed by atoms with Crippen LogP contribution in [-0.4, -0.2) is 40.4 Å². The molecule has 6 heteroatoms. The van der Waals surface area contributed by atoms with E-state index in [0.717, 1.165) is 55.3 Å². The Balaban J connectivity index is 1.55. The highest BCUT2D eigenvalue weighted by molar-refractivity contribution is 5.51. The van der Waals surface area contributed by atoms with Crippen molar-refractivity contribution in [1.29, 1.82) is 0 Å². The molecule has 2 aliphatic heterocycles. The number of nitrogens with zero attached hydrogens (tertiary/aromatic N) is 3. The Morgan fingerprint density at radius 1 is 1.30 bits per heavy atom. The molecule has 144 valence electrons. The summed E-state index contributed by atoms with van der Waals surface area (Å²) in [6.07, 6.45) is 4.65. The van der Waals surface area contributed by atoms with Crippen LogP contribution in [0.4, 0.5) is 11.6 Å². The van der Waals surface area contributed by atoms with Crippen LogP contribution in [0.15, 0.2) is 36.7 Å². The van der Waals surface area contributed by atoms with Gasteiger partial charge in [-0.05, 0) is 38.7 Å². The molecule has 2 N–H and O–H groups in total. The fraction of sp³-hybridized carbons (Fsp3) is 0.524. The first-order chi connectivity index (χ1) is 13.0. The molecule has 0 saturated carbocycles. The number of aromatic nitrogens is 2. The first-order valence-corrected chi connectivity index (χ1v) is 9.76. The van der Waals surface area contributed by atoms with Crippen molar-refractivity contribution in [3.63, 3.8) is 0 Å². The van der Waals surface area contributed by atoms with Crippen LogP contribution in [-0.2, 0) is 0 Å². The average molecular weight is 368 g/mol. The number of hydrogen-bond donors (Lipinski definition) is 2. The summed E-state index contributed by atoms with van der Waals surface area (Å²) in [5.74, 6) is 3.00. The van der Waals surface area contributed by atoms with Crippen LogP contribution in [0.25, 0.3) is 0 Å². The molecule has 2 unspecified atom stereocenters. The first kappa shape index (κ1) is 18.0.